The van der Waals surface area contributed by atoms with Crippen LogP contribution >= 0.6 is 0 Å². The molecule has 1 atom stereocenters. The number of rotatable bonds is 1. The van der Waals surface area contributed by atoms with Gasteiger partial charge in [-0.1, -0.05) is 61.9 Å². The van der Waals surface area contributed by atoms with E-state index in [-0.39, 0.29) is 5.41 Å². The lowest BCUT2D eigenvalue weighted by Crippen LogP contribution is -2.20. The Bertz CT molecular complexity index is 1260. The minimum Gasteiger partial charge on any atom is -0.278 e. The van der Waals surface area contributed by atoms with Gasteiger partial charge in [0.05, 0.1) is 11.2 Å². The van der Waals surface area contributed by atoms with E-state index in [1.807, 2.05) is 0 Å². The molecule has 0 saturated carbocycles. The van der Waals surface area contributed by atoms with Crippen LogP contribution in [0.4, 0.5) is 0 Å². The summed E-state index contributed by atoms with van der Waals surface area (Å²) < 4.78 is 2.19. The van der Waals surface area contributed by atoms with Crippen molar-refractivity contribution in [3.05, 3.63) is 89.1 Å². The number of benzene rings is 2. The predicted molar refractivity (Wildman–Crippen MR) is 111 cm³/mol. The van der Waals surface area contributed by atoms with Gasteiger partial charge >= 0.3 is 0 Å². The summed E-state index contributed by atoms with van der Waals surface area (Å²) >= 11 is 0. The first-order chi connectivity index (χ1) is 13.7. The Morgan fingerprint density at radius 3 is 2.57 bits per heavy atom. The molecule has 0 saturated heterocycles. The first-order valence-electron chi connectivity index (χ1n) is 9.72. The summed E-state index contributed by atoms with van der Waals surface area (Å²) in [4.78, 5) is 12.9. The van der Waals surface area contributed by atoms with Crippen LogP contribution in [-0.2, 0) is 11.8 Å². The molecule has 0 N–H and O–H groups in total. The van der Waals surface area contributed by atoms with Crippen LogP contribution in [0, 0.1) is 0 Å². The second kappa shape index (κ2) is 5.38. The molecule has 4 nitrogen and oxygen atoms in total. The Morgan fingerprint density at radius 2 is 1.71 bits per heavy atom. The van der Waals surface area contributed by atoms with Crippen LogP contribution in [0.15, 0.2) is 66.8 Å². The third-order valence-electron chi connectivity index (χ3n) is 6.51. The van der Waals surface area contributed by atoms with Crippen LogP contribution in [0.1, 0.15) is 42.1 Å². The first kappa shape index (κ1) is 15.8. The summed E-state index contributed by atoms with van der Waals surface area (Å²) in [6.45, 7) is 4.69. The topological polar surface area (TPSA) is 43.6 Å². The number of allylic oxidation sites excluding steroid dienone is 1. The molecule has 1 unspecified atom stereocenters. The van der Waals surface area contributed by atoms with Crippen molar-refractivity contribution in [2.45, 2.75) is 31.6 Å². The molecule has 4 heteroatoms. The quantitative estimate of drug-likeness (QED) is 0.486. The van der Waals surface area contributed by atoms with E-state index in [4.69, 9.17) is 0 Å². The Morgan fingerprint density at radius 1 is 0.964 bits per heavy atom. The maximum absolute atomic E-state index is 4.45. The van der Waals surface area contributed by atoms with Crippen molar-refractivity contribution >= 4 is 17.0 Å². The van der Waals surface area contributed by atoms with Crippen LogP contribution in [0.25, 0.3) is 22.9 Å². The van der Waals surface area contributed by atoms with E-state index in [0.29, 0.717) is 11.9 Å². The summed E-state index contributed by atoms with van der Waals surface area (Å²) in [6, 6.07) is 17.5. The molecule has 6 rings (SSSR count). The van der Waals surface area contributed by atoms with E-state index in [2.05, 4.69) is 88.0 Å². The van der Waals surface area contributed by atoms with Crippen molar-refractivity contribution < 1.29 is 0 Å². The monoisotopic (exact) mass is 364 g/mol. The second-order valence-electron chi connectivity index (χ2n) is 8.22. The van der Waals surface area contributed by atoms with Crippen molar-refractivity contribution in [3.8, 4) is 5.95 Å². The van der Waals surface area contributed by atoms with Crippen LogP contribution < -0.4 is 0 Å². The van der Waals surface area contributed by atoms with E-state index in [0.717, 1.165) is 11.9 Å². The standard InChI is InChI=1S/C24H20N4/c1-24(2)19-9-5-3-7-15(19)17-11-18-16-8-4-6-10-21(16)28(22(18)12-20(17)24)23-26-13-25-14-27-23/h3-10,12-14,17H,11H2,1-2H3. The molecule has 0 amide bonds. The van der Waals surface area contributed by atoms with E-state index >= 15 is 0 Å². The van der Waals surface area contributed by atoms with Crippen molar-refractivity contribution in [2.24, 2.45) is 0 Å². The molecule has 4 aromatic rings. The lowest BCUT2D eigenvalue weighted by Gasteiger charge is -2.28. The minimum absolute atomic E-state index is 0.0271. The van der Waals surface area contributed by atoms with Gasteiger partial charge in [-0.05, 0) is 35.3 Å². The lowest BCUT2D eigenvalue weighted by molar-refractivity contribution is 0.613. The van der Waals surface area contributed by atoms with Gasteiger partial charge in [0.25, 0.3) is 0 Å². The van der Waals surface area contributed by atoms with Crippen molar-refractivity contribution in [3.63, 3.8) is 0 Å². The Kier molecular flexibility index (Phi) is 3.03. The van der Waals surface area contributed by atoms with Gasteiger partial charge in [0.1, 0.15) is 12.7 Å². The molecule has 0 spiro atoms. The SMILES string of the molecule is CC1(C)C2=Cc3c(c4ccccc4n3-c3ncncn3)CC2c2ccccc21. The molecule has 2 heterocycles. The third-order valence-corrected chi connectivity index (χ3v) is 6.51. The van der Waals surface area contributed by atoms with Crippen molar-refractivity contribution in [1.82, 2.24) is 19.5 Å². The number of hydrogen-bond acceptors (Lipinski definition) is 3. The maximum atomic E-state index is 4.45. The van der Waals surface area contributed by atoms with Gasteiger partial charge in [-0.3, -0.25) is 4.57 Å². The molecular formula is C24H20N4. The number of para-hydroxylation sites is 1. The fraction of sp³-hybridized carbons (Fsp3) is 0.208. The van der Waals surface area contributed by atoms with Crippen molar-refractivity contribution in [2.75, 3.05) is 0 Å². The Balaban J connectivity index is 1.68. The molecule has 2 aliphatic carbocycles. The van der Waals surface area contributed by atoms with Crippen LogP contribution in [0.2, 0.25) is 0 Å². The zero-order valence-electron chi connectivity index (χ0n) is 15.9. The molecule has 2 aliphatic rings. The van der Waals surface area contributed by atoms with Gasteiger partial charge in [-0.2, -0.15) is 0 Å². The number of fused-ring (bicyclic) bond motifs is 6. The largest absolute Gasteiger partial charge is 0.278 e. The number of nitrogens with zero attached hydrogens (tertiary/aromatic N) is 4. The zero-order chi connectivity index (χ0) is 18.9. The molecule has 0 fully saturated rings. The van der Waals surface area contributed by atoms with Crippen molar-refractivity contribution in [1.29, 1.82) is 0 Å². The van der Waals surface area contributed by atoms with Crippen LogP contribution in [0.3, 0.4) is 0 Å². The Hall–Kier alpha value is -3.27. The second-order valence-corrected chi connectivity index (χ2v) is 8.22. The molecule has 0 bridgehead atoms. The third kappa shape index (κ3) is 1.92. The summed E-state index contributed by atoms with van der Waals surface area (Å²) in [5, 5.41) is 1.29. The Labute approximate surface area is 163 Å². The van der Waals surface area contributed by atoms with E-state index in [9.17, 15) is 0 Å². The first-order valence-corrected chi connectivity index (χ1v) is 9.72. The molecule has 0 radical (unpaired) electrons. The van der Waals surface area contributed by atoms with Crippen LogP contribution in [0.5, 0.6) is 0 Å². The highest BCUT2D eigenvalue weighted by Gasteiger charge is 2.44. The fourth-order valence-electron chi connectivity index (χ4n) is 5.24. The molecule has 2 aromatic heterocycles. The summed E-state index contributed by atoms with van der Waals surface area (Å²) in [6.07, 6.45) is 6.54. The average molecular weight is 364 g/mol. The summed E-state index contributed by atoms with van der Waals surface area (Å²) in [5.41, 5.74) is 8.19. The number of aromatic nitrogens is 4. The zero-order valence-corrected chi connectivity index (χ0v) is 15.9. The van der Waals surface area contributed by atoms with Gasteiger partial charge in [-0.15, -0.1) is 0 Å². The van der Waals surface area contributed by atoms with E-state index < -0.39 is 0 Å². The highest BCUT2D eigenvalue weighted by atomic mass is 15.2. The average Bonchev–Trinajstić information content (AvgIpc) is 3.17. The van der Waals surface area contributed by atoms with Gasteiger partial charge in [0.2, 0.25) is 5.95 Å². The molecule has 0 aliphatic heterocycles. The van der Waals surface area contributed by atoms with Gasteiger partial charge in [0.15, 0.2) is 0 Å². The van der Waals surface area contributed by atoms with E-state index in [1.54, 1.807) is 12.7 Å². The normalized spacial score (nSPS) is 19.1. The predicted octanol–water partition coefficient (Wildman–Crippen LogP) is 4.83. The molecule has 2 aromatic carbocycles. The van der Waals surface area contributed by atoms with E-state index in [1.165, 1.54) is 33.3 Å². The highest BCUT2D eigenvalue weighted by molar-refractivity contribution is 5.91. The van der Waals surface area contributed by atoms with Crippen LogP contribution in [-0.4, -0.2) is 19.5 Å². The fourth-order valence-corrected chi connectivity index (χ4v) is 5.24. The summed E-state index contributed by atoms with van der Waals surface area (Å²) in [7, 11) is 0. The lowest BCUT2D eigenvalue weighted by atomic mass is 9.76. The summed E-state index contributed by atoms with van der Waals surface area (Å²) in [5.74, 6) is 1.12. The molecule has 136 valence electrons. The molecular weight excluding hydrogens is 344 g/mol. The van der Waals surface area contributed by atoms with Gasteiger partial charge < -0.3 is 0 Å². The van der Waals surface area contributed by atoms with Gasteiger partial charge in [-0.25, -0.2) is 15.0 Å². The minimum atomic E-state index is 0.0271. The number of hydrogen-bond donors (Lipinski definition) is 0. The smallest absolute Gasteiger partial charge is 0.237 e. The molecule has 28 heavy (non-hydrogen) atoms. The highest BCUT2D eigenvalue weighted by Crippen LogP contribution is 2.55. The van der Waals surface area contributed by atoms with Gasteiger partial charge in [0, 0.05) is 16.7 Å². The maximum Gasteiger partial charge on any atom is 0.237 e.